The Morgan fingerprint density at radius 2 is 1.29 bits per heavy atom. The molecule has 1 aromatic heterocycles. The molecule has 0 radical (unpaired) electrons. The maximum atomic E-state index is 6.26. The zero-order chi connectivity index (χ0) is 30.1. The molecule has 2 heteroatoms. The monoisotopic (exact) mass is 581 g/mol. The summed E-state index contributed by atoms with van der Waals surface area (Å²) in [4.78, 5) is 2.47. The average molecular weight is 582 g/mol. The number of para-hydroxylation sites is 2. The molecule has 2 aliphatic rings. The largest absolute Gasteiger partial charge is 0.456 e. The van der Waals surface area contributed by atoms with Crippen LogP contribution in [0.4, 0.5) is 17.1 Å². The van der Waals surface area contributed by atoms with Crippen molar-refractivity contribution in [3.63, 3.8) is 0 Å². The smallest absolute Gasteiger partial charge is 0.135 e. The molecule has 6 aromatic carbocycles. The van der Waals surface area contributed by atoms with Gasteiger partial charge in [0.25, 0.3) is 0 Å². The van der Waals surface area contributed by atoms with Gasteiger partial charge in [0, 0.05) is 33.1 Å². The minimum Gasteiger partial charge on any atom is -0.456 e. The van der Waals surface area contributed by atoms with Crippen LogP contribution in [0.1, 0.15) is 48.9 Å². The standard InChI is InChI=1S/C43H35NO/c1-43(2)38-21-10-8-18-33(38)35-26-36(32-20-12-14-28-13-6-7-17-31(28)32)40(27-39(35)43)44(29-15-4-3-5-16-29)30-23-24-42-37(25-30)34-19-9-11-22-41(34)45-42/h3-5,8-12,14-16,18-27H,6-7,13,17H2,1-2H3. The molecule has 0 aliphatic heterocycles. The van der Waals surface area contributed by atoms with Crippen molar-refractivity contribution in [3.8, 4) is 22.3 Å². The Morgan fingerprint density at radius 3 is 2.20 bits per heavy atom. The summed E-state index contributed by atoms with van der Waals surface area (Å²) < 4.78 is 6.26. The van der Waals surface area contributed by atoms with E-state index in [0.717, 1.165) is 46.2 Å². The van der Waals surface area contributed by atoms with Crippen LogP contribution >= 0.6 is 0 Å². The zero-order valence-corrected chi connectivity index (χ0v) is 25.8. The van der Waals surface area contributed by atoms with Gasteiger partial charge in [0.15, 0.2) is 0 Å². The van der Waals surface area contributed by atoms with E-state index in [2.05, 4.69) is 140 Å². The van der Waals surface area contributed by atoms with Crippen LogP contribution in [0.3, 0.4) is 0 Å². The van der Waals surface area contributed by atoms with Gasteiger partial charge in [0.1, 0.15) is 11.2 Å². The first-order chi connectivity index (χ1) is 22.1. The van der Waals surface area contributed by atoms with Crippen molar-refractivity contribution in [3.05, 3.63) is 150 Å². The molecule has 0 amide bonds. The van der Waals surface area contributed by atoms with Gasteiger partial charge >= 0.3 is 0 Å². The molecule has 1 heterocycles. The number of rotatable bonds is 4. The number of hydrogen-bond acceptors (Lipinski definition) is 2. The van der Waals surface area contributed by atoms with Crippen molar-refractivity contribution in [2.75, 3.05) is 4.90 Å². The van der Waals surface area contributed by atoms with Crippen LogP contribution in [0.15, 0.2) is 132 Å². The SMILES string of the molecule is CC1(C)c2ccccc2-c2cc(-c3cccc4c3CCCC4)c(N(c3ccccc3)c3ccc4oc5ccccc5c4c3)cc21. The van der Waals surface area contributed by atoms with E-state index in [1.807, 2.05) is 6.07 Å². The molecule has 7 aromatic rings. The Hall–Kier alpha value is -5.08. The van der Waals surface area contributed by atoms with Gasteiger partial charge < -0.3 is 9.32 Å². The molecule has 0 N–H and O–H groups in total. The van der Waals surface area contributed by atoms with E-state index in [-0.39, 0.29) is 5.41 Å². The lowest BCUT2D eigenvalue weighted by Gasteiger charge is -2.31. The van der Waals surface area contributed by atoms with Gasteiger partial charge in [-0.1, -0.05) is 92.7 Å². The molecule has 0 spiro atoms. The number of nitrogens with zero attached hydrogens (tertiary/aromatic N) is 1. The molecule has 0 unspecified atom stereocenters. The van der Waals surface area contributed by atoms with Crippen molar-refractivity contribution >= 4 is 39.0 Å². The number of anilines is 3. The third kappa shape index (κ3) is 4.02. The minimum atomic E-state index is -0.109. The Kier molecular flexibility index (Phi) is 5.83. The van der Waals surface area contributed by atoms with Crippen LogP contribution < -0.4 is 4.90 Å². The molecule has 0 saturated heterocycles. The summed E-state index contributed by atoms with van der Waals surface area (Å²) in [5, 5.41) is 2.28. The highest BCUT2D eigenvalue weighted by molar-refractivity contribution is 6.07. The first kappa shape index (κ1) is 26.3. The lowest BCUT2D eigenvalue weighted by molar-refractivity contribution is 0.660. The minimum absolute atomic E-state index is 0.109. The van der Waals surface area contributed by atoms with Gasteiger partial charge in [-0.15, -0.1) is 0 Å². The molecule has 0 saturated carbocycles. The quantitative estimate of drug-likeness (QED) is 0.206. The van der Waals surface area contributed by atoms with Crippen LogP contribution in [0.2, 0.25) is 0 Å². The predicted octanol–water partition coefficient (Wildman–Crippen LogP) is 11.9. The summed E-state index contributed by atoms with van der Waals surface area (Å²) in [5.74, 6) is 0. The molecule has 0 fully saturated rings. The van der Waals surface area contributed by atoms with Crippen molar-refractivity contribution in [2.45, 2.75) is 44.9 Å². The van der Waals surface area contributed by atoms with E-state index in [1.54, 1.807) is 0 Å². The molecular weight excluding hydrogens is 546 g/mol. The predicted molar refractivity (Wildman–Crippen MR) is 188 cm³/mol. The van der Waals surface area contributed by atoms with Gasteiger partial charge in [0.05, 0.1) is 5.69 Å². The van der Waals surface area contributed by atoms with Gasteiger partial charge in [-0.3, -0.25) is 0 Å². The van der Waals surface area contributed by atoms with E-state index in [1.165, 1.54) is 63.0 Å². The van der Waals surface area contributed by atoms with E-state index < -0.39 is 0 Å². The topological polar surface area (TPSA) is 16.4 Å². The molecule has 45 heavy (non-hydrogen) atoms. The lowest BCUT2D eigenvalue weighted by Crippen LogP contribution is -2.17. The number of hydrogen-bond donors (Lipinski definition) is 0. The summed E-state index contributed by atoms with van der Waals surface area (Å²) in [7, 11) is 0. The lowest BCUT2D eigenvalue weighted by atomic mass is 9.80. The van der Waals surface area contributed by atoms with Gasteiger partial charge in [-0.2, -0.15) is 0 Å². The number of benzene rings is 6. The number of aryl methyl sites for hydroxylation is 1. The highest BCUT2D eigenvalue weighted by atomic mass is 16.3. The highest BCUT2D eigenvalue weighted by Gasteiger charge is 2.37. The summed E-state index contributed by atoms with van der Waals surface area (Å²) in [6.07, 6.45) is 4.80. The maximum absolute atomic E-state index is 6.26. The average Bonchev–Trinajstić information content (AvgIpc) is 3.56. The van der Waals surface area contributed by atoms with Gasteiger partial charge in [0.2, 0.25) is 0 Å². The Labute approximate surface area is 264 Å². The summed E-state index contributed by atoms with van der Waals surface area (Å²) in [5.41, 5.74) is 16.4. The molecule has 0 bridgehead atoms. The summed E-state index contributed by atoms with van der Waals surface area (Å²) >= 11 is 0. The molecule has 218 valence electrons. The third-order valence-electron chi connectivity index (χ3n) is 10.3. The van der Waals surface area contributed by atoms with Gasteiger partial charge in [-0.05, 0) is 113 Å². The fraction of sp³-hybridized carbons (Fsp3) is 0.163. The first-order valence-electron chi connectivity index (χ1n) is 16.2. The van der Waals surface area contributed by atoms with Crippen molar-refractivity contribution in [1.29, 1.82) is 0 Å². The van der Waals surface area contributed by atoms with Gasteiger partial charge in [-0.25, -0.2) is 0 Å². The fourth-order valence-corrected chi connectivity index (χ4v) is 8.03. The molecule has 2 aliphatic carbocycles. The van der Waals surface area contributed by atoms with Crippen molar-refractivity contribution < 1.29 is 4.42 Å². The second kappa shape index (κ2) is 9.97. The first-order valence-corrected chi connectivity index (χ1v) is 16.2. The number of furan rings is 1. The Morgan fingerprint density at radius 1 is 0.533 bits per heavy atom. The van der Waals surface area contributed by atoms with E-state index >= 15 is 0 Å². The van der Waals surface area contributed by atoms with E-state index in [9.17, 15) is 0 Å². The van der Waals surface area contributed by atoms with E-state index in [0.29, 0.717) is 0 Å². The van der Waals surface area contributed by atoms with Crippen LogP contribution in [0.5, 0.6) is 0 Å². The second-order valence-corrected chi connectivity index (χ2v) is 13.2. The summed E-state index contributed by atoms with van der Waals surface area (Å²) in [6.45, 7) is 4.75. The van der Waals surface area contributed by atoms with Crippen molar-refractivity contribution in [2.24, 2.45) is 0 Å². The maximum Gasteiger partial charge on any atom is 0.135 e. The molecule has 2 nitrogen and oxygen atoms in total. The van der Waals surface area contributed by atoms with E-state index in [4.69, 9.17) is 4.42 Å². The van der Waals surface area contributed by atoms with Crippen LogP contribution in [0, 0.1) is 0 Å². The molecule has 9 rings (SSSR count). The van der Waals surface area contributed by atoms with Crippen LogP contribution in [-0.4, -0.2) is 0 Å². The fourth-order valence-electron chi connectivity index (χ4n) is 8.03. The van der Waals surface area contributed by atoms with Crippen LogP contribution in [0.25, 0.3) is 44.2 Å². The van der Waals surface area contributed by atoms with Crippen molar-refractivity contribution in [1.82, 2.24) is 0 Å². The molecular formula is C43H35NO. The Balaban J connectivity index is 1.37. The summed E-state index contributed by atoms with van der Waals surface area (Å²) in [6, 6.07) is 46.8. The second-order valence-electron chi connectivity index (χ2n) is 13.2. The Bertz CT molecular complexity index is 2250. The highest BCUT2D eigenvalue weighted by Crippen LogP contribution is 2.54. The van der Waals surface area contributed by atoms with Crippen LogP contribution in [-0.2, 0) is 18.3 Å². The number of fused-ring (bicyclic) bond motifs is 7. The normalized spacial score (nSPS) is 14.7. The zero-order valence-electron chi connectivity index (χ0n) is 25.8. The molecule has 0 atom stereocenters. The third-order valence-corrected chi connectivity index (χ3v) is 10.3.